The number of anilines is 1. The van der Waals surface area contributed by atoms with Crippen molar-refractivity contribution in [3.8, 4) is 18.4 Å². The molecule has 1 saturated heterocycles. The molecule has 1 heterocycles. The van der Waals surface area contributed by atoms with E-state index in [0.29, 0.717) is 18.7 Å². The summed E-state index contributed by atoms with van der Waals surface area (Å²) < 4.78 is 4.60. The summed E-state index contributed by atoms with van der Waals surface area (Å²) in [7, 11) is 1.25. The van der Waals surface area contributed by atoms with Gasteiger partial charge in [-0.3, -0.25) is 4.79 Å². The van der Waals surface area contributed by atoms with Crippen LogP contribution in [0.1, 0.15) is 22.3 Å². The normalized spacial score (nSPS) is 17.4. The van der Waals surface area contributed by atoms with Gasteiger partial charge in [-0.05, 0) is 18.2 Å². The van der Waals surface area contributed by atoms with E-state index in [1.54, 1.807) is 6.07 Å². The Morgan fingerprint density at radius 1 is 1.55 bits per heavy atom. The highest BCUT2D eigenvalue weighted by Gasteiger charge is 2.29. The first kappa shape index (κ1) is 13.6. The fourth-order valence-electron chi connectivity index (χ4n) is 2.15. The van der Waals surface area contributed by atoms with Gasteiger partial charge in [-0.25, -0.2) is 4.79 Å². The molecule has 5 nitrogen and oxygen atoms in total. The van der Waals surface area contributed by atoms with Crippen molar-refractivity contribution in [3.05, 3.63) is 29.3 Å². The van der Waals surface area contributed by atoms with Crippen molar-refractivity contribution in [2.24, 2.45) is 5.92 Å². The highest BCUT2D eigenvalue weighted by molar-refractivity contribution is 5.98. The van der Waals surface area contributed by atoms with E-state index in [4.69, 9.17) is 11.7 Å². The third-order valence-corrected chi connectivity index (χ3v) is 3.20. The molecule has 5 heteroatoms. The summed E-state index contributed by atoms with van der Waals surface area (Å²) in [5, 5.41) is 9.10. The molecule has 1 aliphatic heterocycles. The van der Waals surface area contributed by atoms with Gasteiger partial charge in [-0.1, -0.05) is 0 Å². The van der Waals surface area contributed by atoms with Crippen molar-refractivity contribution >= 4 is 17.6 Å². The largest absolute Gasteiger partial charge is 0.465 e. The quantitative estimate of drug-likeness (QED) is 0.599. The second-order valence-corrected chi connectivity index (χ2v) is 4.41. The van der Waals surface area contributed by atoms with Crippen LogP contribution in [0.4, 0.5) is 5.69 Å². The highest BCUT2D eigenvalue weighted by atomic mass is 16.5. The van der Waals surface area contributed by atoms with Gasteiger partial charge in [0.25, 0.3) is 0 Å². The Morgan fingerprint density at radius 2 is 2.30 bits per heavy atom. The lowest BCUT2D eigenvalue weighted by Crippen LogP contribution is -2.24. The number of carbonyl (C=O) groups is 2. The van der Waals surface area contributed by atoms with Gasteiger partial charge in [0.1, 0.15) is 6.07 Å². The molecule has 0 saturated carbocycles. The minimum atomic E-state index is -0.581. The summed E-state index contributed by atoms with van der Waals surface area (Å²) in [6.07, 6.45) is 5.63. The zero-order valence-corrected chi connectivity index (χ0v) is 10.9. The molecule has 0 spiro atoms. The van der Waals surface area contributed by atoms with Crippen LogP contribution < -0.4 is 4.90 Å². The zero-order valence-electron chi connectivity index (χ0n) is 10.9. The Bertz CT molecular complexity index is 652. The molecule has 0 aromatic heterocycles. The number of rotatable bonds is 2. The molecule has 1 aromatic carbocycles. The second kappa shape index (κ2) is 5.46. The maximum atomic E-state index is 11.9. The third kappa shape index (κ3) is 2.34. The molecule has 1 aromatic rings. The topological polar surface area (TPSA) is 70.4 Å². The number of benzene rings is 1. The Balaban J connectivity index is 2.37. The number of hydrogen-bond acceptors (Lipinski definition) is 4. The third-order valence-electron chi connectivity index (χ3n) is 3.20. The molecule has 0 radical (unpaired) electrons. The first-order chi connectivity index (χ1) is 9.60. The molecular formula is C15H12N2O3. The van der Waals surface area contributed by atoms with Crippen molar-refractivity contribution < 1.29 is 14.3 Å². The van der Waals surface area contributed by atoms with E-state index in [0.717, 1.165) is 0 Å². The number of esters is 1. The molecule has 100 valence electrons. The predicted molar refractivity (Wildman–Crippen MR) is 71.8 cm³/mol. The number of carbonyl (C=O) groups excluding carboxylic acids is 2. The van der Waals surface area contributed by atoms with E-state index in [1.165, 1.54) is 24.1 Å². The van der Waals surface area contributed by atoms with E-state index in [-0.39, 0.29) is 23.0 Å². The van der Waals surface area contributed by atoms with Crippen LogP contribution in [0.3, 0.4) is 0 Å². The van der Waals surface area contributed by atoms with Gasteiger partial charge in [0.2, 0.25) is 5.91 Å². The van der Waals surface area contributed by atoms with E-state index in [1.807, 2.05) is 6.07 Å². The molecule has 1 unspecified atom stereocenters. The predicted octanol–water partition coefficient (Wildman–Crippen LogP) is 1.33. The van der Waals surface area contributed by atoms with E-state index >= 15 is 0 Å². The number of amides is 1. The number of nitriles is 1. The number of hydrogen-bond donors (Lipinski definition) is 0. The summed E-state index contributed by atoms with van der Waals surface area (Å²) in [6, 6.07) is 6.54. The van der Waals surface area contributed by atoms with Crippen molar-refractivity contribution in [2.75, 3.05) is 18.6 Å². The maximum Gasteiger partial charge on any atom is 0.339 e. The minimum Gasteiger partial charge on any atom is -0.465 e. The highest BCUT2D eigenvalue weighted by Crippen LogP contribution is 2.26. The first-order valence-electron chi connectivity index (χ1n) is 5.99. The van der Waals surface area contributed by atoms with Crippen LogP contribution in [0, 0.1) is 29.6 Å². The first-order valence-corrected chi connectivity index (χ1v) is 5.99. The Labute approximate surface area is 116 Å². The molecule has 0 N–H and O–H groups in total. The molecule has 1 fully saturated rings. The summed E-state index contributed by atoms with van der Waals surface area (Å²) in [6.45, 7) is 0.428. The summed E-state index contributed by atoms with van der Waals surface area (Å²) >= 11 is 0. The molecule has 1 aliphatic rings. The zero-order chi connectivity index (χ0) is 14.7. The lowest BCUT2D eigenvalue weighted by molar-refractivity contribution is -0.117. The van der Waals surface area contributed by atoms with Crippen LogP contribution in [-0.4, -0.2) is 25.5 Å². The number of ether oxygens (including phenoxy) is 1. The van der Waals surface area contributed by atoms with Crippen molar-refractivity contribution in [2.45, 2.75) is 6.42 Å². The molecule has 2 rings (SSSR count). The summed E-state index contributed by atoms with van der Waals surface area (Å²) in [5.74, 6) is 1.78. The number of methoxy groups -OCH3 is 1. The molecule has 1 amide bonds. The monoisotopic (exact) mass is 268 g/mol. The minimum absolute atomic E-state index is 0.0809. The number of nitrogens with zero attached hydrogens (tertiary/aromatic N) is 2. The molecule has 1 atom stereocenters. The standard InChI is InChI=1S/C15H12N2O3/c1-3-10-6-14(18)17(9-10)12-4-5-13(15(19)20-2)11(7-12)8-16/h1,4-5,7,10H,6,9H2,2H3. The SMILES string of the molecule is C#CC1CC(=O)N(c2ccc(C(=O)OC)c(C#N)c2)C1. The second-order valence-electron chi connectivity index (χ2n) is 4.41. The van der Waals surface area contributed by atoms with Crippen molar-refractivity contribution in [1.82, 2.24) is 0 Å². The van der Waals surface area contributed by atoms with Gasteiger partial charge >= 0.3 is 5.97 Å². The van der Waals surface area contributed by atoms with E-state index in [2.05, 4.69) is 10.7 Å². The van der Waals surface area contributed by atoms with Crippen LogP contribution in [-0.2, 0) is 9.53 Å². The van der Waals surface area contributed by atoms with Crippen molar-refractivity contribution in [1.29, 1.82) is 5.26 Å². The van der Waals surface area contributed by atoms with E-state index < -0.39 is 5.97 Å². The molecule has 0 aliphatic carbocycles. The molecule has 20 heavy (non-hydrogen) atoms. The summed E-state index contributed by atoms with van der Waals surface area (Å²) in [5.41, 5.74) is 0.919. The van der Waals surface area contributed by atoms with Gasteiger partial charge in [0, 0.05) is 24.6 Å². The van der Waals surface area contributed by atoms with E-state index in [9.17, 15) is 9.59 Å². The van der Waals surface area contributed by atoms with Crippen LogP contribution in [0.2, 0.25) is 0 Å². The average molecular weight is 268 g/mol. The number of terminal acetylenes is 1. The van der Waals surface area contributed by atoms with Crippen LogP contribution in [0.5, 0.6) is 0 Å². The molecule has 0 bridgehead atoms. The van der Waals surface area contributed by atoms with Gasteiger partial charge in [-0.2, -0.15) is 5.26 Å². The van der Waals surface area contributed by atoms with Gasteiger partial charge in [-0.15, -0.1) is 12.3 Å². The Morgan fingerprint density at radius 3 is 2.85 bits per heavy atom. The Hall–Kier alpha value is -2.79. The lowest BCUT2D eigenvalue weighted by Gasteiger charge is -2.16. The smallest absolute Gasteiger partial charge is 0.339 e. The fourth-order valence-corrected chi connectivity index (χ4v) is 2.15. The lowest BCUT2D eigenvalue weighted by atomic mass is 10.1. The van der Waals surface area contributed by atoms with Gasteiger partial charge in [0.15, 0.2) is 0 Å². The Kier molecular flexibility index (Phi) is 3.72. The van der Waals surface area contributed by atoms with Crippen LogP contribution in [0.25, 0.3) is 0 Å². The maximum absolute atomic E-state index is 11.9. The van der Waals surface area contributed by atoms with Gasteiger partial charge in [0.05, 0.1) is 18.2 Å². The van der Waals surface area contributed by atoms with Crippen LogP contribution >= 0.6 is 0 Å². The molecular weight excluding hydrogens is 256 g/mol. The van der Waals surface area contributed by atoms with Gasteiger partial charge < -0.3 is 9.64 Å². The fraction of sp³-hybridized carbons (Fsp3) is 0.267. The van der Waals surface area contributed by atoms with Crippen molar-refractivity contribution in [3.63, 3.8) is 0 Å². The summed E-state index contributed by atoms with van der Waals surface area (Å²) in [4.78, 5) is 24.9. The van der Waals surface area contributed by atoms with Crippen LogP contribution in [0.15, 0.2) is 18.2 Å². The average Bonchev–Trinajstić information content (AvgIpc) is 2.86.